The zero-order valence-corrected chi connectivity index (χ0v) is 25.3. The first-order chi connectivity index (χ1) is 19.6. The first-order valence-electron chi connectivity index (χ1n) is 15.0. The van der Waals surface area contributed by atoms with E-state index in [1.54, 1.807) is 9.80 Å². The third kappa shape index (κ3) is 7.44. The van der Waals surface area contributed by atoms with Crippen LogP contribution in [0.25, 0.3) is 0 Å². The number of benzene rings is 1. The lowest BCUT2D eigenvalue weighted by atomic mass is 9.82. The molecular weight excluding hydrogens is 552 g/mol. The highest BCUT2D eigenvalue weighted by Gasteiger charge is 2.46. The molecule has 1 aliphatic carbocycles. The maximum absolute atomic E-state index is 14.9. The van der Waals surface area contributed by atoms with E-state index >= 15 is 0 Å². The summed E-state index contributed by atoms with van der Waals surface area (Å²) < 4.78 is 55.9. The van der Waals surface area contributed by atoms with Crippen molar-refractivity contribution < 1.29 is 31.9 Å². The van der Waals surface area contributed by atoms with Crippen LogP contribution >= 0.6 is 0 Å². The normalized spacial score (nSPS) is 26.3. The van der Waals surface area contributed by atoms with Crippen molar-refractivity contribution in [2.75, 3.05) is 32.7 Å². The fraction of sp³-hybridized carbons (Fsp3) is 0.710. The average molecular weight is 597 g/mol. The predicted molar refractivity (Wildman–Crippen MR) is 151 cm³/mol. The molecule has 2 saturated heterocycles. The maximum Gasteiger partial charge on any atom is 0.248 e. The smallest absolute Gasteiger partial charge is 0.248 e. The van der Waals surface area contributed by atoms with Crippen molar-refractivity contribution in [1.29, 1.82) is 0 Å². The van der Waals surface area contributed by atoms with Crippen molar-refractivity contribution >= 4 is 17.7 Å². The molecule has 3 amide bonds. The molecule has 2 heterocycles. The van der Waals surface area contributed by atoms with Crippen LogP contribution in [-0.2, 0) is 14.4 Å². The van der Waals surface area contributed by atoms with Gasteiger partial charge >= 0.3 is 0 Å². The zero-order chi connectivity index (χ0) is 31.0. The van der Waals surface area contributed by atoms with Gasteiger partial charge in [-0.05, 0) is 64.5 Å². The summed E-state index contributed by atoms with van der Waals surface area (Å²) in [6.45, 7) is 11.0. The number of likely N-dealkylation sites (tertiary alicyclic amines) is 1. The Bertz CT molecular complexity index is 1160. The molecule has 1 saturated carbocycles. The molecule has 3 fully saturated rings. The summed E-state index contributed by atoms with van der Waals surface area (Å²) in [6.07, 6.45) is 0.480. The van der Waals surface area contributed by atoms with Gasteiger partial charge in [0, 0.05) is 76.1 Å². The largest absolute Gasteiger partial charge is 0.345 e. The van der Waals surface area contributed by atoms with Crippen molar-refractivity contribution in [1.82, 2.24) is 20.0 Å². The van der Waals surface area contributed by atoms with Gasteiger partial charge in [-0.3, -0.25) is 19.3 Å². The molecule has 4 rings (SSSR count). The highest BCUT2D eigenvalue weighted by molar-refractivity contribution is 5.87. The number of nitrogens with zero attached hydrogens (tertiary/aromatic N) is 3. The Kier molecular flexibility index (Phi) is 9.59. The fourth-order valence-electron chi connectivity index (χ4n) is 6.77. The first kappa shape index (κ1) is 32.2. The number of amides is 3. The maximum atomic E-state index is 14.9. The number of rotatable bonds is 6. The Labute approximate surface area is 246 Å². The summed E-state index contributed by atoms with van der Waals surface area (Å²) >= 11 is 0. The Balaban J connectivity index is 1.45. The predicted octanol–water partition coefficient (Wildman–Crippen LogP) is 4.56. The summed E-state index contributed by atoms with van der Waals surface area (Å²) in [5.41, 5.74) is 0.0644. The van der Waals surface area contributed by atoms with Gasteiger partial charge in [-0.15, -0.1) is 0 Å². The highest BCUT2D eigenvalue weighted by atomic mass is 19.3. The molecule has 42 heavy (non-hydrogen) atoms. The van der Waals surface area contributed by atoms with Crippen LogP contribution in [0.5, 0.6) is 0 Å². The van der Waals surface area contributed by atoms with Gasteiger partial charge in [0.15, 0.2) is 0 Å². The summed E-state index contributed by atoms with van der Waals surface area (Å²) in [5.74, 6) is -5.83. The third-order valence-corrected chi connectivity index (χ3v) is 9.25. The number of halogens is 4. The number of alkyl halides is 2. The molecule has 4 atom stereocenters. The standard InChI is InChI=1S/C31H44F4N4O3/c1-19-16-37(29(42)27(36-20(2)40)14-21-8-10-31(34,35)11-9-21)12-13-39(19)28(41)25-18-38(30(3,4)5)17-24(25)23-7-6-22(32)15-26(23)33/h6-7,15,19,21,24-25,27H,8-14,16-18H2,1-5H3,(H,36,40)/t19-,24-,25+,27-/m0/s1. The van der Waals surface area contributed by atoms with E-state index in [2.05, 4.69) is 10.2 Å². The lowest BCUT2D eigenvalue weighted by Crippen LogP contribution is -2.60. The lowest BCUT2D eigenvalue weighted by Gasteiger charge is -2.43. The molecule has 0 spiro atoms. The quantitative estimate of drug-likeness (QED) is 0.489. The van der Waals surface area contributed by atoms with Gasteiger partial charge in [0.05, 0.1) is 5.92 Å². The van der Waals surface area contributed by atoms with Crippen LogP contribution in [0.15, 0.2) is 18.2 Å². The molecule has 234 valence electrons. The molecule has 0 bridgehead atoms. The van der Waals surface area contributed by atoms with Crippen LogP contribution in [0.1, 0.15) is 78.2 Å². The second-order valence-corrected chi connectivity index (χ2v) is 13.4. The van der Waals surface area contributed by atoms with Crippen molar-refractivity contribution in [3.8, 4) is 0 Å². The number of carbonyl (C=O) groups excluding carboxylic acids is 3. The molecule has 1 aromatic carbocycles. The van der Waals surface area contributed by atoms with Gasteiger partial charge < -0.3 is 15.1 Å². The molecule has 3 aliphatic rings. The van der Waals surface area contributed by atoms with E-state index in [-0.39, 0.29) is 67.7 Å². The van der Waals surface area contributed by atoms with E-state index in [9.17, 15) is 31.9 Å². The van der Waals surface area contributed by atoms with Crippen LogP contribution < -0.4 is 5.32 Å². The fourth-order valence-corrected chi connectivity index (χ4v) is 6.77. The van der Waals surface area contributed by atoms with Gasteiger partial charge in [0.1, 0.15) is 17.7 Å². The lowest BCUT2D eigenvalue weighted by molar-refractivity contribution is -0.147. The number of hydrogen-bond acceptors (Lipinski definition) is 4. The van der Waals surface area contributed by atoms with E-state index in [1.165, 1.54) is 19.1 Å². The van der Waals surface area contributed by atoms with Gasteiger partial charge in [-0.25, -0.2) is 17.6 Å². The van der Waals surface area contributed by atoms with Crippen LogP contribution in [0.4, 0.5) is 17.6 Å². The Morgan fingerprint density at radius 2 is 1.71 bits per heavy atom. The average Bonchev–Trinajstić information content (AvgIpc) is 3.34. The second-order valence-electron chi connectivity index (χ2n) is 13.4. The summed E-state index contributed by atoms with van der Waals surface area (Å²) in [6, 6.07) is 2.36. The van der Waals surface area contributed by atoms with E-state index < -0.39 is 35.4 Å². The first-order valence-corrected chi connectivity index (χ1v) is 15.0. The minimum Gasteiger partial charge on any atom is -0.345 e. The Morgan fingerprint density at radius 1 is 1.05 bits per heavy atom. The topological polar surface area (TPSA) is 73.0 Å². The van der Waals surface area contributed by atoms with Gasteiger partial charge in [-0.2, -0.15) is 0 Å². The number of hydrogen-bond donors (Lipinski definition) is 1. The summed E-state index contributed by atoms with van der Waals surface area (Å²) in [4.78, 5) is 45.0. The second kappa shape index (κ2) is 12.5. The van der Waals surface area contributed by atoms with Gasteiger partial charge in [0.2, 0.25) is 23.6 Å². The van der Waals surface area contributed by atoms with Crippen molar-refractivity contribution in [2.24, 2.45) is 11.8 Å². The Morgan fingerprint density at radius 3 is 2.29 bits per heavy atom. The van der Waals surface area contributed by atoms with Crippen molar-refractivity contribution in [3.05, 3.63) is 35.4 Å². The van der Waals surface area contributed by atoms with E-state index in [0.717, 1.165) is 6.07 Å². The Hall–Kier alpha value is -2.69. The van der Waals surface area contributed by atoms with E-state index in [4.69, 9.17) is 0 Å². The SMILES string of the molecule is CC(=O)N[C@@H](CC1CCC(F)(F)CC1)C(=O)N1CCN(C(=O)[C@@H]2CN(C(C)(C)C)C[C@H]2c2ccc(F)cc2F)[C@@H](C)C1. The van der Waals surface area contributed by atoms with Crippen LogP contribution in [-0.4, -0.2) is 88.7 Å². The van der Waals surface area contributed by atoms with Gasteiger partial charge in [0.25, 0.3) is 0 Å². The van der Waals surface area contributed by atoms with E-state index in [0.29, 0.717) is 37.9 Å². The molecule has 1 N–H and O–H groups in total. The minimum absolute atomic E-state index is 0.0809. The molecule has 1 aromatic rings. The molecular formula is C31H44F4N4O3. The van der Waals surface area contributed by atoms with Crippen molar-refractivity contribution in [3.63, 3.8) is 0 Å². The number of carbonyl (C=O) groups is 3. The molecule has 0 radical (unpaired) electrons. The number of nitrogens with one attached hydrogen (secondary N) is 1. The molecule has 0 unspecified atom stereocenters. The molecule has 0 aromatic heterocycles. The van der Waals surface area contributed by atoms with Crippen LogP contribution in [0.2, 0.25) is 0 Å². The number of piperazine rings is 1. The minimum atomic E-state index is -2.67. The molecule has 11 heteroatoms. The van der Waals surface area contributed by atoms with Crippen LogP contribution in [0, 0.1) is 23.5 Å². The molecule has 7 nitrogen and oxygen atoms in total. The molecule has 2 aliphatic heterocycles. The van der Waals surface area contributed by atoms with E-state index in [1.807, 2.05) is 27.7 Å². The third-order valence-electron chi connectivity index (χ3n) is 9.25. The highest BCUT2D eigenvalue weighted by Crippen LogP contribution is 2.40. The van der Waals surface area contributed by atoms with Crippen LogP contribution in [0.3, 0.4) is 0 Å². The summed E-state index contributed by atoms with van der Waals surface area (Å²) in [7, 11) is 0. The monoisotopic (exact) mass is 596 g/mol. The zero-order valence-electron chi connectivity index (χ0n) is 25.3. The van der Waals surface area contributed by atoms with Crippen molar-refractivity contribution in [2.45, 2.75) is 96.2 Å². The summed E-state index contributed by atoms with van der Waals surface area (Å²) in [5, 5.41) is 2.72. The van der Waals surface area contributed by atoms with Gasteiger partial charge in [-0.1, -0.05) is 6.07 Å².